The zero-order valence-electron chi connectivity index (χ0n) is 21.9. The van der Waals surface area contributed by atoms with Crippen LogP contribution in [-0.2, 0) is 14.3 Å². The first kappa shape index (κ1) is 29.6. The van der Waals surface area contributed by atoms with Crippen LogP contribution in [0.1, 0.15) is 79.0 Å². The molecule has 192 valence electrons. The molecule has 1 aromatic carbocycles. The Hall–Kier alpha value is -2.42. The summed E-state index contributed by atoms with van der Waals surface area (Å²) in [4.78, 5) is 41.3. The second-order valence-corrected chi connectivity index (χ2v) is 10.7. The van der Waals surface area contributed by atoms with Crippen LogP contribution in [0.3, 0.4) is 0 Å². The number of thiol groups is 1. The highest BCUT2D eigenvalue weighted by molar-refractivity contribution is 7.80. The minimum Gasteiger partial charge on any atom is -0.507 e. The van der Waals surface area contributed by atoms with Crippen molar-refractivity contribution in [1.82, 2.24) is 15.5 Å². The highest BCUT2D eigenvalue weighted by Crippen LogP contribution is 2.37. The number of hydrogen-bond donors (Lipinski definition) is 4. The summed E-state index contributed by atoms with van der Waals surface area (Å²) < 4.78 is 5.32. The predicted molar refractivity (Wildman–Crippen MR) is 137 cm³/mol. The molecule has 0 aliphatic rings. The summed E-state index contributed by atoms with van der Waals surface area (Å²) in [6.07, 6.45) is -0.238. The van der Waals surface area contributed by atoms with Gasteiger partial charge in [-0.15, -0.1) is 0 Å². The van der Waals surface area contributed by atoms with Gasteiger partial charge in [0.15, 0.2) is 0 Å². The minimum absolute atomic E-state index is 0.00725. The van der Waals surface area contributed by atoms with Crippen molar-refractivity contribution in [3.63, 3.8) is 0 Å². The monoisotopic (exact) mass is 495 g/mol. The van der Waals surface area contributed by atoms with E-state index in [4.69, 9.17) is 4.74 Å². The summed E-state index contributed by atoms with van der Waals surface area (Å²) in [7, 11) is 0. The number of carbonyl (C=O) groups is 3. The molecule has 0 aliphatic heterocycles. The first-order valence-electron chi connectivity index (χ1n) is 11.6. The molecule has 0 heterocycles. The average molecular weight is 496 g/mol. The number of aromatic hydroxyl groups is 1. The van der Waals surface area contributed by atoms with Gasteiger partial charge < -0.3 is 25.4 Å². The zero-order chi connectivity index (χ0) is 26.4. The number of hydrogen-bond acceptors (Lipinski definition) is 6. The Bertz CT molecular complexity index is 880. The molecule has 1 aromatic rings. The largest absolute Gasteiger partial charge is 0.507 e. The van der Waals surface area contributed by atoms with Crippen molar-refractivity contribution < 1.29 is 24.2 Å². The Morgan fingerprint density at radius 3 is 2.18 bits per heavy atom. The van der Waals surface area contributed by atoms with E-state index in [0.717, 1.165) is 0 Å². The number of benzene rings is 1. The first-order chi connectivity index (χ1) is 15.6. The van der Waals surface area contributed by atoms with Crippen molar-refractivity contribution in [2.75, 3.05) is 5.75 Å². The number of nitrogens with one attached hydrogen (secondary N) is 2. The summed E-state index contributed by atoms with van der Waals surface area (Å²) in [6.45, 7) is 16.1. The van der Waals surface area contributed by atoms with E-state index in [-0.39, 0.29) is 17.5 Å². The van der Waals surface area contributed by atoms with E-state index >= 15 is 0 Å². The van der Waals surface area contributed by atoms with E-state index in [0.29, 0.717) is 17.5 Å². The van der Waals surface area contributed by atoms with Crippen molar-refractivity contribution in [2.24, 2.45) is 0 Å². The van der Waals surface area contributed by atoms with Gasteiger partial charge in [0.1, 0.15) is 23.4 Å². The molecule has 2 atom stereocenters. The van der Waals surface area contributed by atoms with Crippen molar-refractivity contribution >= 4 is 30.5 Å². The molecule has 0 bridgehead atoms. The predicted octanol–water partition coefficient (Wildman–Crippen LogP) is 4.11. The van der Waals surface area contributed by atoms with E-state index in [2.05, 4.69) is 23.3 Å². The number of alkyl carbamates (subject to hydrolysis) is 1. The molecule has 0 spiro atoms. The maximum Gasteiger partial charge on any atom is 0.408 e. The first-order valence-corrected chi connectivity index (χ1v) is 12.2. The molecule has 3 amide bonds. The van der Waals surface area contributed by atoms with E-state index < -0.39 is 41.1 Å². The van der Waals surface area contributed by atoms with Gasteiger partial charge in [0, 0.05) is 22.9 Å². The second kappa shape index (κ2) is 11.8. The standard InChI is InChI=1S/C25H41N3O5S/c1-10-25(8,9)28(22(31)18(14-34)27-23(32)33-24(5,6)7)19(21(30)26-15(2)3)17-13-11-12-16(4)20(17)29/h11-13,15,18-19,29,34H,10,14H2,1-9H3,(H,26,30)(H,27,32). The summed E-state index contributed by atoms with van der Waals surface area (Å²) in [5.74, 6) is -0.996. The molecule has 0 saturated carbocycles. The van der Waals surface area contributed by atoms with E-state index in [1.165, 1.54) is 4.90 Å². The number of phenols is 1. The van der Waals surface area contributed by atoms with Gasteiger partial charge in [-0.1, -0.05) is 25.1 Å². The van der Waals surface area contributed by atoms with Crippen LogP contribution in [0, 0.1) is 6.92 Å². The van der Waals surface area contributed by atoms with Gasteiger partial charge >= 0.3 is 6.09 Å². The summed E-state index contributed by atoms with van der Waals surface area (Å²) in [5, 5.41) is 16.3. The van der Waals surface area contributed by atoms with Crippen molar-refractivity contribution in [3.8, 4) is 5.75 Å². The Kier molecular flexibility index (Phi) is 10.3. The number of rotatable bonds is 9. The Morgan fingerprint density at radius 2 is 1.71 bits per heavy atom. The molecular formula is C25H41N3O5S. The molecule has 0 saturated heterocycles. The van der Waals surface area contributed by atoms with Crippen LogP contribution in [0.5, 0.6) is 5.75 Å². The van der Waals surface area contributed by atoms with Crippen LogP contribution in [0.15, 0.2) is 18.2 Å². The van der Waals surface area contributed by atoms with Crippen molar-refractivity contribution in [3.05, 3.63) is 29.3 Å². The number of amides is 3. The Balaban J connectivity index is 3.62. The normalized spacial score (nSPS) is 13.7. The van der Waals surface area contributed by atoms with Gasteiger partial charge in [0.2, 0.25) is 11.8 Å². The lowest BCUT2D eigenvalue weighted by atomic mass is 9.91. The number of nitrogens with zero attached hydrogens (tertiary/aromatic N) is 1. The number of para-hydroxylation sites is 1. The molecule has 8 nitrogen and oxygen atoms in total. The fraction of sp³-hybridized carbons (Fsp3) is 0.640. The summed E-state index contributed by atoms with van der Waals surface area (Å²) >= 11 is 4.29. The minimum atomic E-state index is -1.13. The zero-order valence-corrected chi connectivity index (χ0v) is 22.7. The third kappa shape index (κ3) is 7.82. The highest BCUT2D eigenvalue weighted by atomic mass is 32.1. The molecule has 34 heavy (non-hydrogen) atoms. The van der Waals surface area contributed by atoms with Crippen LogP contribution >= 0.6 is 12.6 Å². The quantitative estimate of drug-likeness (QED) is 0.386. The van der Waals surface area contributed by atoms with Crippen molar-refractivity contribution in [2.45, 2.75) is 98.0 Å². The van der Waals surface area contributed by atoms with Gasteiger partial charge in [-0.25, -0.2) is 4.79 Å². The topological polar surface area (TPSA) is 108 Å². The van der Waals surface area contributed by atoms with E-state index in [1.807, 2.05) is 34.6 Å². The molecule has 0 aromatic heterocycles. The Labute approximate surface area is 209 Å². The van der Waals surface area contributed by atoms with E-state index in [1.54, 1.807) is 45.9 Å². The molecule has 3 N–H and O–H groups in total. The smallest absolute Gasteiger partial charge is 0.408 e. The lowest BCUT2D eigenvalue weighted by molar-refractivity contribution is -0.149. The third-order valence-electron chi connectivity index (χ3n) is 5.43. The third-order valence-corrected chi connectivity index (χ3v) is 5.79. The Morgan fingerprint density at radius 1 is 1.12 bits per heavy atom. The molecule has 1 rings (SSSR count). The fourth-order valence-corrected chi connectivity index (χ4v) is 3.66. The van der Waals surface area contributed by atoms with Crippen LogP contribution < -0.4 is 10.6 Å². The highest BCUT2D eigenvalue weighted by Gasteiger charge is 2.44. The molecule has 0 fully saturated rings. The molecule has 2 unspecified atom stereocenters. The maximum atomic E-state index is 13.9. The number of carbonyl (C=O) groups excluding carboxylic acids is 3. The van der Waals surface area contributed by atoms with Gasteiger partial charge in [0.05, 0.1) is 0 Å². The van der Waals surface area contributed by atoms with Crippen molar-refractivity contribution in [1.29, 1.82) is 0 Å². The summed E-state index contributed by atoms with van der Waals surface area (Å²) in [5.41, 5.74) is -0.658. The molecule has 9 heteroatoms. The van der Waals surface area contributed by atoms with Crippen LogP contribution in [0.25, 0.3) is 0 Å². The SMILES string of the molecule is CCC(C)(C)N(C(=O)C(CS)NC(=O)OC(C)(C)C)C(C(=O)NC(C)C)c1cccc(C)c1O. The molecule has 0 aliphatic carbocycles. The van der Waals surface area contributed by atoms with Gasteiger partial charge in [0.25, 0.3) is 0 Å². The molecular weight excluding hydrogens is 454 g/mol. The van der Waals surface area contributed by atoms with Crippen LogP contribution in [0.4, 0.5) is 4.79 Å². The lowest BCUT2D eigenvalue weighted by Gasteiger charge is -2.44. The van der Waals surface area contributed by atoms with Crippen LogP contribution in [0.2, 0.25) is 0 Å². The number of ether oxygens (including phenoxy) is 1. The van der Waals surface area contributed by atoms with Gasteiger partial charge in [-0.05, 0) is 67.4 Å². The molecule has 0 radical (unpaired) electrons. The van der Waals surface area contributed by atoms with Gasteiger partial charge in [-0.3, -0.25) is 9.59 Å². The van der Waals surface area contributed by atoms with Crippen LogP contribution in [-0.4, -0.2) is 56.9 Å². The second-order valence-electron chi connectivity index (χ2n) is 10.3. The number of phenolic OH excluding ortho intramolecular Hbond substituents is 1. The summed E-state index contributed by atoms with van der Waals surface area (Å²) in [6, 6.07) is 2.72. The maximum absolute atomic E-state index is 13.9. The van der Waals surface area contributed by atoms with E-state index in [9.17, 15) is 19.5 Å². The average Bonchev–Trinajstić information content (AvgIpc) is 2.70. The van der Waals surface area contributed by atoms with Gasteiger partial charge in [-0.2, -0.15) is 12.6 Å². The lowest BCUT2D eigenvalue weighted by Crippen LogP contribution is -2.60. The number of aryl methyl sites for hydroxylation is 1. The fourth-order valence-electron chi connectivity index (χ4n) is 3.41.